The van der Waals surface area contributed by atoms with Gasteiger partial charge in [0.05, 0.1) is 10.3 Å². The fourth-order valence-electron chi connectivity index (χ4n) is 1.48. The van der Waals surface area contributed by atoms with Crippen molar-refractivity contribution in [2.45, 2.75) is 19.4 Å². The van der Waals surface area contributed by atoms with Gasteiger partial charge in [-0.3, -0.25) is 4.79 Å². The van der Waals surface area contributed by atoms with Crippen molar-refractivity contribution in [3.63, 3.8) is 0 Å². The summed E-state index contributed by atoms with van der Waals surface area (Å²) < 4.78 is 2.89. The molecular formula is C11H13BrN4OS. The molecule has 0 aromatic carbocycles. The first-order valence-corrected chi connectivity index (χ1v) is 7.15. The Balaban J connectivity index is 1.76. The fourth-order valence-corrected chi connectivity index (χ4v) is 2.81. The van der Waals surface area contributed by atoms with E-state index in [4.69, 9.17) is 0 Å². The summed E-state index contributed by atoms with van der Waals surface area (Å²) in [6, 6.07) is 2.03. The molecule has 5 nitrogen and oxygen atoms in total. The van der Waals surface area contributed by atoms with Crippen LogP contribution in [0.5, 0.6) is 0 Å². The Hall–Kier alpha value is -1.21. The van der Waals surface area contributed by atoms with Crippen LogP contribution in [0, 0.1) is 0 Å². The van der Waals surface area contributed by atoms with Crippen LogP contribution >= 0.6 is 27.3 Å². The minimum Gasteiger partial charge on any atom is -0.349 e. The average Bonchev–Trinajstić information content (AvgIpc) is 2.93. The van der Waals surface area contributed by atoms with Gasteiger partial charge in [0, 0.05) is 13.5 Å². The smallest absolute Gasteiger partial charge is 0.220 e. The van der Waals surface area contributed by atoms with Crippen LogP contribution in [0.4, 0.5) is 0 Å². The van der Waals surface area contributed by atoms with Gasteiger partial charge in [0.1, 0.15) is 6.33 Å². The van der Waals surface area contributed by atoms with Crippen molar-refractivity contribution in [2.24, 2.45) is 7.05 Å². The molecule has 0 saturated carbocycles. The van der Waals surface area contributed by atoms with Gasteiger partial charge in [-0.15, -0.1) is 21.5 Å². The Kier molecular flexibility index (Phi) is 4.48. The zero-order chi connectivity index (χ0) is 13.0. The molecule has 0 spiro atoms. The third-order valence-electron chi connectivity index (χ3n) is 2.56. The summed E-state index contributed by atoms with van der Waals surface area (Å²) in [5, 5.41) is 12.5. The summed E-state index contributed by atoms with van der Waals surface area (Å²) in [4.78, 5) is 11.7. The van der Waals surface area contributed by atoms with Crippen LogP contribution in [-0.2, 0) is 24.8 Å². The van der Waals surface area contributed by atoms with E-state index in [1.807, 2.05) is 18.5 Å². The van der Waals surface area contributed by atoms with Crippen molar-refractivity contribution in [1.29, 1.82) is 0 Å². The minimum atomic E-state index is 0.0242. The highest BCUT2D eigenvalue weighted by Gasteiger charge is 2.07. The van der Waals surface area contributed by atoms with Gasteiger partial charge in [0.2, 0.25) is 5.91 Å². The van der Waals surface area contributed by atoms with E-state index in [0.29, 0.717) is 13.0 Å². The number of thiophene rings is 1. The quantitative estimate of drug-likeness (QED) is 0.911. The Morgan fingerprint density at radius 3 is 3.06 bits per heavy atom. The molecule has 0 atom stereocenters. The number of rotatable bonds is 5. The number of nitrogens with zero attached hydrogens (tertiary/aromatic N) is 3. The molecule has 18 heavy (non-hydrogen) atoms. The molecule has 1 N–H and O–H groups in total. The molecule has 1 amide bonds. The molecule has 0 bridgehead atoms. The molecule has 0 aliphatic carbocycles. The van der Waals surface area contributed by atoms with E-state index in [0.717, 1.165) is 16.0 Å². The van der Waals surface area contributed by atoms with Crippen LogP contribution in [0.1, 0.15) is 17.8 Å². The first-order chi connectivity index (χ1) is 8.66. The van der Waals surface area contributed by atoms with E-state index in [2.05, 4.69) is 31.4 Å². The van der Waals surface area contributed by atoms with Gasteiger partial charge in [-0.05, 0) is 39.4 Å². The van der Waals surface area contributed by atoms with Crippen molar-refractivity contribution in [2.75, 3.05) is 0 Å². The number of hydrogen-bond acceptors (Lipinski definition) is 4. The van der Waals surface area contributed by atoms with Crippen LogP contribution in [0.2, 0.25) is 0 Å². The van der Waals surface area contributed by atoms with E-state index < -0.39 is 0 Å². The fraction of sp³-hybridized carbons (Fsp3) is 0.364. The monoisotopic (exact) mass is 328 g/mol. The molecule has 2 heterocycles. The molecule has 2 aromatic heterocycles. The lowest BCUT2D eigenvalue weighted by Crippen LogP contribution is -2.24. The van der Waals surface area contributed by atoms with Gasteiger partial charge in [0.25, 0.3) is 0 Å². The van der Waals surface area contributed by atoms with Gasteiger partial charge in [0.15, 0.2) is 5.82 Å². The first-order valence-electron chi connectivity index (χ1n) is 5.48. The van der Waals surface area contributed by atoms with E-state index in [9.17, 15) is 4.79 Å². The number of aromatic nitrogens is 3. The molecule has 7 heteroatoms. The van der Waals surface area contributed by atoms with Crippen LogP contribution in [0.25, 0.3) is 0 Å². The van der Waals surface area contributed by atoms with Gasteiger partial charge < -0.3 is 9.88 Å². The topological polar surface area (TPSA) is 59.8 Å². The van der Waals surface area contributed by atoms with Crippen LogP contribution < -0.4 is 5.32 Å². The number of carbonyl (C=O) groups excluding carboxylic acids is 1. The molecule has 96 valence electrons. The molecular weight excluding hydrogens is 316 g/mol. The summed E-state index contributed by atoms with van der Waals surface area (Å²) in [6.45, 7) is 0.417. The van der Waals surface area contributed by atoms with E-state index in [-0.39, 0.29) is 5.91 Å². The first kappa shape index (κ1) is 13.2. The van der Waals surface area contributed by atoms with Gasteiger partial charge in [-0.25, -0.2) is 0 Å². The predicted octanol–water partition coefficient (Wildman–Crippen LogP) is 1.89. The van der Waals surface area contributed by atoms with Crippen LogP contribution in [0.3, 0.4) is 0 Å². The largest absolute Gasteiger partial charge is 0.349 e. The predicted molar refractivity (Wildman–Crippen MR) is 73.2 cm³/mol. The standard InChI is InChI=1S/C11H13BrN4OS/c1-16-7-14-15-9(16)6-13-10(17)3-2-8-4-5-18-11(8)12/h4-5,7H,2-3,6H2,1H3,(H,13,17). The highest BCUT2D eigenvalue weighted by atomic mass is 79.9. The molecule has 0 radical (unpaired) electrons. The Bertz CT molecular complexity index is 490. The normalized spacial score (nSPS) is 10.6. The summed E-state index contributed by atoms with van der Waals surface area (Å²) in [5.74, 6) is 0.774. The number of hydrogen-bond donors (Lipinski definition) is 1. The lowest BCUT2D eigenvalue weighted by atomic mass is 10.2. The van der Waals surface area contributed by atoms with E-state index in [1.54, 1.807) is 22.2 Å². The van der Waals surface area contributed by atoms with Crippen molar-refractivity contribution in [3.05, 3.63) is 32.9 Å². The number of amides is 1. The van der Waals surface area contributed by atoms with Crippen molar-refractivity contribution in [1.82, 2.24) is 20.1 Å². The second-order valence-electron chi connectivity index (χ2n) is 3.85. The molecule has 0 unspecified atom stereocenters. The van der Waals surface area contributed by atoms with Crippen molar-refractivity contribution >= 4 is 33.2 Å². The summed E-state index contributed by atoms with van der Waals surface area (Å²) >= 11 is 5.09. The zero-order valence-corrected chi connectivity index (χ0v) is 12.3. The molecule has 0 aliphatic rings. The van der Waals surface area contributed by atoms with Gasteiger partial charge in [-0.1, -0.05) is 0 Å². The lowest BCUT2D eigenvalue weighted by Gasteiger charge is -2.04. The Morgan fingerprint density at radius 2 is 2.44 bits per heavy atom. The minimum absolute atomic E-state index is 0.0242. The maximum Gasteiger partial charge on any atom is 0.220 e. The van der Waals surface area contributed by atoms with Crippen molar-refractivity contribution < 1.29 is 4.79 Å². The van der Waals surface area contributed by atoms with Crippen LogP contribution in [-0.4, -0.2) is 20.7 Å². The maximum absolute atomic E-state index is 11.7. The van der Waals surface area contributed by atoms with Gasteiger partial charge in [-0.2, -0.15) is 0 Å². The second-order valence-corrected chi connectivity index (χ2v) is 6.09. The molecule has 0 fully saturated rings. The van der Waals surface area contributed by atoms with Gasteiger partial charge >= 0.3 is 0 Å². The third kappa shape index (κ3) is 3.39. The summed E-state index contributed by atoms with van der Waals surface area (Å²) in [6.07, 6.45) is 2.84. The number of halogens is 1. The average molecular weight is 329 g/mol. The molecule has 0 aliphatic heterocycles. The Morgan fingerprint density at radius 1 is 1.61 bits per heavy atom. The molecule has 2 aromatic rings. The molecule has 0 saturated heterocycles. The van der Waals surface area contributed by atoms with Crippen LogP contribution in [0.15, 0.2) is 21.6 Å². The highest BCUT2D eigenvalue weighted by molar-refractivity contribution is 9.11. The van der Waals surface area contributed by atoms with E-state index in [1.165, 1.54) is 5.56 Å². The SMILES string of the molecule is Cn1cnnc1CNC(=O)CCc1ccsc1Br. The number of carbonyl (C=O) groups is 1. The zero-order valence-electron chi connectivity index (χ0n) is 9.89. The lowest BCUT2D eigenvalue weighted by molar-refractivity contribution is -0.121. The number of aryl methyl sites for hydroxylation is 2. The maximum atomic E-state index is 11.7. The highest BCUT2D eigenvalue weighted by Crippen LogP contribution is 2.24. The summed E-state index contributed by atoms with van der Waals surface area (Å²) in [7, 11) is 1.85. The van der Waals surface area contributed by atoms with Crippen molar-refractivity contribution in [3.8, 4) is 0 Å². The number of nitrogens with one attached hydrogen (secondary N) is 1. The Labute approximate surface area is 117 Å². The second kappa shape index (κ2) is 6.10. The molecule has 2 rings (SSSR count). The summed E-state index contributed by atoms with van der Waals surface area (Å²) in [5.41, 5.74) is 1.17. The van der Waals surface area contributed by atoms with E-state index >= 15 is 0 Å². The third-order valence-corrected chi connectivity index (χ3v) is 4.37.